The predicted molar refractivity (Wildman–Crippen MR) is 82.8 cm³/mol. The fourth-order valence-corrected chi connectivity index (χ4v) is 2.48. The van der Waals surface area contributed by atoms with Gasteiger partial charge in [0.05, 0.1) is 17.5 Å². The van der Waals surface area contributed by atoms with Crippen LogP contribution in [0.1, 0.15) is 10.4 Å². The van der Waals surface area contributed by atoms with Crippen molar-refractivity contribution in [3.8, 4) is 0 Å². The summed E-state index contributed by atoms with van der Waals surface area (Å²) in [5, 5.41) is 0.552. The van der Waals surface area contributed by atoms with Crippen LogP contribution in [0.3, 0.4) is 0 Å². The van der Waals surface area contributed by atoms with Gasteiger partial charge in [0.2, 0.25) is 5.91 Å². The summed E-state index contributed by atoms with van der Waals surface area (Å²) < 4.78 is 1.10. The summed E-state index contributed by atoms with van der Waals surface area (Å²) in [5.41, 5.74) is 7.54. The zero-order valence-electron chi connectivity index (χ0n) is 11.0. The molecular weight excluding hydrogens is 290 g/mol. The molecule has 1 aromatic heterocycles. The van der Waals surface area contributed by atoms with E-state index in [2.05, 4.69) is 4.98 Å². The molecule has 0 saturated heterocycles. The maximum absolute atomic E-state index is 12.4. The first-order valence-corrected chi connectivity index (χ1v) is 6.70. The molecule has 2 aromatic carbocycles. The van der Waals surface area contributed by atoms with E-state index >= 15 is 0 Å². The molecule has 3 rings (SSSR count). The van der Waals surface area contributed by atoms with Gasteiger partial charge in [0.25, 0.3) is 0 Å². The number of imidazole rings is 1. The van der Waals surface area contributed by atoms with Gasteiger partial charge in [0, 0.05) is 10.7 Å². The fourth-order valence-electron chi connectivity index (χ4n) is 2.27. The van der Waals surface area contributed by atoms with E-state index in [1.165, 1.54) is 0 Å². The first-order chi connectivity index (χ1) is 10.0. The van der Waals surface area contributed by atoms with Crippen molar-refractivity contribution in [1.29, 1.82) is 0 Å². The maximum Gasteiger partial charge on any atom is 0.333 e. The van der Waals surface area contributed by atoms with E-state index in [1.54, 1.807) is 42.5 Å². The molecule has 6 heteroatoms. The maximum atomic E-state index is 12.4. The summed E-state index contributed by atoms with van der Waals surface area (Å²) in [6.07, 6.45) is 0.0855. The number of benzene rings is 2. The molecule has 0 fully saturated rings. The monoisotopic (exact) mass is 301 g/mol. The van der Waals surface area contributed by atoms with Gasteiger partial charge in [0.1, 0.15) is 0 Å². The SMILES string of the molecule is Nc1ccc2[nH]c(=O)n(C(=O)Cc3cccc(Cl)c3)c2c1. The highest BCUT2D eigenvalue weighted by Crippen LogP contribution is 2.16. The Morgan fingerprint density at radius 1 is 1.24 bits per heavy atom. The first kappa shape index (κ1) is 13.5. The van der Waals surface area contributed by atoms with Crippen molar-refractivity contribution in [2.24, 2.45) is 0 Å². The molecule has 0 bridgehead atoms. The Morgan fingerprint density at radius 2 is 2.05 bits per heavy atom. The molecule has 0 aliphatic heterocycles. The van der Waals surface area contributed by atoms with Crippen molar-refractivity contribution in [1.82, 2.24) is 9.55 Å². The second-order valence-corrected chi connectivity index (χ2v) is 5.18. The molecule has 3 aromatic rings. The lowest BCUT2D eigenvalue weighted by molar-refractivity contribution is 0.0915. The van der Waals surface area contributed by atoms with Gasteiger partial charge in [0.15, 0.2) is 0 Å². The second-order valence-electron chi connectivity index (χ2n) is 4.74. The molecule has 21 heavy (non-hydrogen) atoms. The van der Waals surface area contributed by atoms with Crippen LogP contribution in [-0.2, 0) is 6.42 Å². The Kier molecular flexibility index (Phi) is 3.27. The average molecular weight is 302 g/mol. The normalized spacial score (nSPS) is 10.9. The molecule has 0 saturated carbocycles. The molecule has 0 amide bonds. The third kappa shape index (κ3) is 2.55. The highest BCUT2D eigenvalue weighted by molar-refractivity contribution is 6.30. The molecule has 0 atom stereocenters. The molecular formula is C15H12ClN3O2. The van der Waals surface area contributed by atoms with E-state index < -0.39 is 5.69 Å². The number of halogens is 1. The van der Waals surface area contributed by atoms with Crippen molar-refractivity contribution in [2.45, 2.75) is 6.42 Å². The minimum atomic E-state index is -0.470. The number of carbonyl (C=O) groups excluding carboxylic acids is 1. The van der Waals surface area contributed by atoms with Crippen LogP contribution in [0.15, 0.2) is 47.3 Å². The third-order valence-electron chi connectivity index (χ3n) is 3.20. The smallest absolute Gasteiger partial charge is 0.333 e. The fraction of sp³-hybridized carbons (Fsp3) is 0.0667. The van der Waals surface area contributed by atoms with Gasteiger partial charge in [-0.25, -0.2) is 9.36 Å². The number of aromatic amines is 1. The summed E-state index contributed by atoms with van der Waals surface area (Å²) in [6, 6.07) is 11.9. The third-order valence-corrected chi connectivity index (χ3v) is 3.44. The molecule has 0 aliphatic rings. The topological polar surface area (TPSA) is 80.9 Å². The first-order valence-electron chi connectivity index (χ1n) is 6.32. The van der Waals surface area contributed by atoms with Crippen LogP contribution in [0.25, 0.3) is 11.0 Å². The Balaban J connectivity index is 2.04. The summed E-state index contributed by atoms with van der Waals surface area (Å²) in [4.78, 5) is 27.0. The zero-order valence-corrected chi connectivity index (χ0v) is 11.7. The summed E-state index contributed by atoms with van der Waals surface area (Å²) in [6.45, 7) is 0. The largest absolute Gasteiger partial charge is 0.399 e. The highest BCUT2D eigenvalue weighted by Gasteiger charge is 2.14. The summed E-state index contributed by atoms with van der Waals surface area (Å²) in [7, 11) is 0. The van der Waals surface area contributed by atoms with Crippen LogP contribution in [0, 0.1) is 0 Å². The molecule has 1 heterocycles. The van der Waals surface area contributed by atoms with E-state index in [0.29, 0.717) is 21.7 Å². The number of H-pyrrole nitrogens is 1. The number of carbonyl (C=O) groups is 1. The number of nitrogens with two attached hydrogens (primary N) is 1. The number of hydrogen-bond donors (Lipinski definition) is 2. The Bertz CT molecular complexity index is 895. The van der Waals surface area contributed by atoms with Crippen LogP contribution < -0.4 is 11.4 Å². The van der Waals surface area contributed by atoms with Gasteiger partial charge in [-0.05, 0) is 35.9 Å². The van der Waals surface area contributed by atoms with Crippen LogP contribution in [0.4, 0.5) is 5.69 Å². The van der Waals surface area contributed by atoms with Crippen LogP contribution >= 0.6 is 11.6 Å². The van der Waals surface area contributed by atoms with E-state index in [1.807, 2.05) is 0 Å². The lowest BCUT2D eigenvalue weighted by Gasteiger charge is -2.04. The Morgan fingerprint density at radius 3 is 2.81 bits per heavy atom. The molecule has 0 unspecified atom stereocenters. The van der Waals surface area contributed by atoms with Crippen molar-refractivity contribution in [3.63, 3.8) is 0 Å². The second kappa shape index (κ2) is 5.10. The zero-order chi connectivity index (χ0) is 15.0. The van der Waals surface area contributed by atoms with Crippen LogP contribution in [-0.4, -0.2) is 15.5 Å². The highest BCUT2D eigenvalue weighted by atomic mass is 35.5. The van der Waals surface area contributed by atoms with Gasteiger partial charge in [-0.15, -0.1) is 0 Å². The van der Waals surface area contributed by atoms with Gasteiger partial charge in [-0.2, -0.15) is 0 Å². The molecule has 106 valence electrons. The number of nitrogens with one attached hydrogen (secondary N) is 1. The molecule has 0 aliphatic carbocycles. The molecule has 3 N–H and O–H groups in total. The predicted octanol–water partition coefficient (Wildman–Crippen LogP) is 2.45. The lowest BCUT2D eigenvalue weighted by atomic mass is 10.1. The molecule has 0 radical (unpaired) electrons. The molecule has 0 spiro atoms. The van der Waals surface area contributed by atoms with E-state index in [0.717, 1.165) is 10.1 Å². The number of aromatic nitrogens is 2. The quantitative estimate of drug-likeness (QED) is 0.713. The van der Waals surface area contributed by atoms with Crippen molar-refractivity contribution in [3.05, 3.63) is 63.5 Å². The average Bonchev–Trinajstić information content (AvgIpc) is 2.74. The Labute approximate surface area is 125 Å². The van der Waals surface area contributed by atoms with Crippen molar-refractivity contribution < 1.29 is 4.79 Å². The number of fused-ring (bicyclic) bond motifs is 1. The van der Waals surface area contributed by atoms with Gasteiger partial charge < -0.3 is 10.7 Å². The number of nitrogens with zero attached hydrogens (tertiary/aromatic N) is 1. The molecule has 5 nitrogen and oxygen atoms in total. The van der Waals surface area contributed by atoms with E-state index in [4.69, 9.17) is 17.3 Å². The van der Waals surface area contributed by atoms with E-state index in [9.17, 15) is 9.59 Å². The van der Waals surface area contributed by atoms with Gasteiger partial charge in [-0.1, -0.05) is 23.7 Å². The lowest BCUT2D eigenvalue weighted by Crippen LogP contribution is -2.25. The van der Waals surface area contributed by atoms with Crippen LogP contribution in [0.2, 0.25) is 5.02 Å². The number of rotatable bonds is 2. The number of hydrogen-bond acceptors (Lipinski definition) is 3. The standard InChI is InChI=1S/C15H12ClN3O2/c16-10-3-1-2-9(6-10)7-14(20)19-13-8-11(17)4-5-12(13)18-15(19)21/h1-6,8H,7,17H2,(H,18,21). The minimum absolute atomic E-state index is 0.0855. The van der Waals surface area contributed by atoms with Gasteiger partial charge >= 0.3 is 5.69 Å². The van der Waals surface area contributed by atoms with Crippen molar-refractivity contribution in [2.75, 3.05) is 5.73 Å². The number of nitrogen functional groups attached to an aromatic ring is 1. The summed E-state index contributed by atoms with van der Waals surface area (Å²) >= 11 is 5.90. The van der Waals surface area contributed by atoms with Gasteiger partial charge in [-0.3, -0.25) is 4.79 Å². The minimum Gasteiger partial charge on any atom is -0.399 e. The Hall–Kier alpha value is -2.53. The van der Waals surface area contributed by atoms with Crippen molar-refractivity contribution >= 4 is 34.2 Å². The van der Waals surface area contributed by atoms with E-state index in [-0.39, 0.29) is 12.3 Å². The summed E-state index contributed by atoms with van der Waals surface area (Å²) in [5.74, 6) is -0.334. The van der Waals surface area contributed by atoms with Crippen LogP contribution in [0.5, 0.6) is 0 Å². The number of anilines is 1.